The molecular formula is C12H12O2. The molecule has 0 saturated carbocycles. The molecule has 1 aromatic carbocycles. The van der Waals surface area contributed by atoms with E-state index in [-0.39, 0.29) is 0 Å². The first-order valence-corrected chi connectivity index (χ1v) is 5.16. The van der Waals surface area contributed by atoms with E-state index in [1.807, 2.05) is 6.07 Å². The van der Waals surface area contributed by atoms with Crippen molar-refractivity contribution >= 4 is 5.78 Å². The molecule has 0 N–H and O–H groups in total. The normalized spacial score (nSPS) is 18.7. The fourth-order valence-electron chi connectivity index (χ4n) is 2.31. The molecule has 2 nitrogen and oxygen atoms in total. The first-order chi connectivity index (χ1) is 6.84. The zero-order valence-corrected chi connectivity index (χ0v) is 8.01. The second-order valence-electron chi connectivity index (χ2n) is 3.99. The van der Waals surface area contributed by atoms with Gasteiger partial charge >= 0.3 is 0 Å². The van der Waals surface area contributed by atoms with Crippen molar-refractivity contribution in [2.75, 3.05) is 6.61 Å². The zero-order valence-electron chi connectivity index (χ0n) is 8.01. The highest BCUT2D eigenvalue weighted by Crippen LogP contribution is 2.32. The summed E-state index contributed by atoms with van der Waals surface area (Å²) in [6, 6.07) is 4.11. The molecule has 0 aromatic heterocycles. The Morgan fingerprint density at radius 3 is 2.93 bits per heavy atom. The maximum atomic E-state index is 11.6. The van der Waals surface area contributed by atoms with E-state index in [2.05, 4.69) is 6.07 Å². The van der Waals surface area contributed by atoms with Crippen molar-refractivity contribution in [3.63, 3.8) is 0 Å². The minimum atomic E-state index is 0.306. The lowest BCUT2D eigenvalue weighted by Gasteiger charge is -2.15. The Morgan fingerprint density at radius 1 is 1.07 bits per heavy atom. The van der Waals surface area contributed by atoms with Crippen molar-refractivity contribution in [3.8, 4) is 5.75 Å². The van der Waals surface area contributed by atoms with E-state index in [1.54, 1.807) is 0 Å². The molecule has 1 aliphatic carbocycles. The number of carbonyl (C=O) groups excluding carboxylic acids is 1. The molecule has 0 atom stereocenters. The second kappa shape index (κ2) is 2.84. The number of carbonyl (C=O) groups is 1. The van der Waals surface area contributed by atoms with E-state index >= 15 is 0 Å². The Morgan fingerprint density at radius 2 is 2.00 bits per heavy atom. The number of ether oxygens (including phenoxy) is 1. The third kappa shape index (κ3) is 1.07. The third-order valence-corrected chi connectivity index (χ3v) is 3.07. The summed E-state index contributed by atoms with van der Waals surface area (Å²) in [5, 5.41) is 0. The molecule has 1 aliphatic heterocycles. The Hall–Kier alpha value is -1.31. The summed E-state index contributed by atoms with van der Waals surface area (Å²) in [6.45, 7) is 0.770. The number of aryl methyl sites for hydroxylation is 1. The van der Waals surface area contributed by atoms with Crippen LogP contribution in [0.3, 0.4) is 0 Å². The first-order valence-electron chi connectivity index (χ1n) is 5.16. The van der Waals surface area contributed by atoms with Gasteiger partial charge in [-0.05, 0) is 36.1 Å². The van der Waals surface area contributed by atoms with E-state index in [0.29, 0.717) is 12.2 Å². The van der Waals surface area contributed by atoms with Gasteiger partial charge in [0.15, 0.2) is 5.78 Å². The van der Waals surface area contributed by atoms with Crippen LogP contribution in [-0.4, -0.2) is 12.4 Å². The first kappa shape index (κ1) is 8.04. The van der Waals surface area contributed by atoms with Crippen LogP contribution >= 0.6 is 0 Å². The molecule has 72 valence electrons. The van der Waals surface area contributed by atoms with Crippen LogP contribution in [-0.2, 0) is 12.8 Å². The number of Topliss-reactive ketones (excluding diaryl/α,β-unsaturated/α-hetero) is 1. The summed E-state index contributed by atoms with van der Waals surface area (Å²) < 4.78 is 5.49. The molecular weight excluding hydrogens is 176 g/mol. The quantitative estimate of drug-likeness (QED) is 0.623. The fourth-order valence-corrected chi connectivity index (χ4v) is 2.31. The molecule has 1 heterocycles. The summed E-state index contributed by atoms with van der Waals surface area (Å²) in [5.74, 6) is 1.31. The van der Waals surface area contributed by atoms with Crippen LogP contribution in [0.25, 0.3) is 0 Å². The summed E-state index contributed by atoms with van der Waals surface area (Å²) in [6.07, 6.45) is 3.69. The van der Waals surface area contributed by atoms with E-state index in [9.17, 15) is 4.79 Å². The van der Waals surface area contributed by atoms with Gasteiger partial charge in [-0.3, -0.25) is 4.79 Å². The van der Waals surface area contributed by atoms with Gasteiger partial charge in [0.25, 0.3) is 0 Å². The van der Waals surface area contributed by atoms with Gasteiger partial charge in [0, 0.05) is 18.4 Å². The maximum Gasteiger partial charge on any atom is 0.163 e. The topological polar surface area (TPSA) is 26.3 Å². The molecule has 3 rings (SSSR count). The Labute approximate surface area is 82.9 Å². The van der Waals surface area contributed by atoms with Gasteiger partial charge in [0.05, 0.1) is 6.61 Å². The lowest BCUT2D eigenvalue weighted by atomic mass is 9.89. The molecule has 0 spiro atoms. The fraction of sp³-hybridized carbons (Fsp3) is 0.417. The van der Waals surface area contributed by atoms with Crippen molar-refractivity contribution in [1.82, 2.24) is 0 Å². The van der Waals surface area contributed by atoms with Gasteiger partial charge in [-0.2, -0.15) is 0 Å². The van der Waals surface area contributed by atoms with Crippen molar-refractivity contribution in [2.24, 2.45) is 0 Å². The lowest BCUT2D eigenvalue weighted by Crippen LogP contribution is -2.10. The van der Waals surface area contributed by atoms with Crippen LogP contribution in [0.1, 0.15) is 34.3 Å². The third-order valence-electron chi connectivity index (χ3n) is 3.07. The van der Waals surface area contributed by atoms with Crippen molar-refractivity contribution < 1.29 is 9.53 Å². The number of hydrogen-bond acceptors (Lipinski definition) is 2. The summed E-state index contributed by atoms with van der Waals surface area (Å²) >= 11 is 0. The number of fused-ring (bicyclic) bond motifs is 2. The average Bonchev–Trinajstić information content (AvgIpc) is 2.62. The number of ketones is 1. The van der Waals surface area contributed by atoms with Gasteiger partial charge in [0.2, 0.25) is 0 Å². The summed E-state index contributed by atoms with van der Waals surface area (Å²) in [5.41, 5.74) is 3.33. The number of benzene rings is 1. The highest BCUT2D eigenvalue weighted by molar-refractivity contribution is 5.98. The predicted molar refractivity (Wildman–Crippen MR) is 52.9 cm³/mol. The average molecular weight is 188 g/mol. The van der Waals surface area contributed by atoms with Gasteiger partial charge in [0.1, 0.15) is 5.75 Å². The standard InChI is InChI=1S/C12H12O2/c13-11-3-1-2-8-7-12-9(4-5-14-12)6-10(8)11/h6-7H,1-5H2. The highest BCUT2D eigenvalue weighted by Gasteiger charge is 2.22. The smallest absolute Gasteiger partial charge is 0.163 e. The number of rotatable bonds is 0. The molecule has 0 bridgehead atoms. The molecule has 0 saturated heterocycles. The molecule has 0 unspecified atom stereocenters. The number of hydrogen-bond donors (Lipinski definition) is 0. The largest absolute Gasteiger partial charge is 0.493 e. The zero-order chi connectivity index (χ0) is 9.54. The van der Waals surface area contributed by atoms with Crippen molar-refractivity contribution in [1.29, 1.82) is 0 Å². The maximum absolute atomic E-state index is 11.6. The Kier molecular flexibility index (Phi) is 1.63. The van der Waals surface area contributed by atoms with Crippen molar-refractivity contribution in [3.05, 3.63) is 28.8 Å². The second-order valence-corrected chi connectivity index (χ2v) is 3.99. The predicted octanol–water partition coefficient (Wildman–Crippen LogP) is 2.14. The van der Waals surface area contributed by atoms with Gasteiger partial charge in [-0.25, -0.2) is 0 Å². The van der Waals surface area contributed by atoms with Crippen LogP contribution in [0.2, 0.25) is 0 Å². The highest BCUT2D eigenvalue weighted by atomic mass is 16.5. The minimum Gasteiger partial charge on any atom is -0.493 e. The SMILES string of the molecule is O=C1CCCc2cc3c(cc21)CCO3. The molecule has 0 fully saturated rings. The van der Waals surface area contributed by atoms with E-state index < -0.39 is 0 Å². The Balaban J connectivity index is 2.17. The minimum absolute atomic E-state index is 0.306. The van der Waals surface area contributed by atoms with Crippen LogP contribution in [0.15, 0.2) is 12.1 Å². The molecule has 0 radical (unpaired) electrons. The van der Waals surface area contributed by atoms with Gasteiger partial charge in [-0.1, -0.05) is 0 Å². The van der Waals surface area contributed by atoms with E-state index in [1.165, 1.54) is 11.1 Å². The molecule has 2 aliphatic rings. The van der Waals surface area contributed by atoms with E-state index in [0.717, 1.165) is 37.2 Å². The molecule has 2 heteroatoms. The van der Waals surface area contributed by atoms with Gasteiger partial charge in [-0.15, -0.1) is 0 Å². The van der Waals surface area contributed by atoms with Crippen LogP contribution in [0.5, 0.6) is 5.75 Å². The van der Waals surface area contributed by atoms with Gasteiger partial charge < -0.3 is 4.74 Å². The lowest BCUT2D eigenvalue weighted by molar-refractivity contribution is 0.0972. The van der Waals surface area contributed by atoms with Crippen LogP contribution in [0, 0.1) is 0 Å². The molecule has 0 amide bonds. The monoisotopic (exact) mass is 188 g/mol. The summed E-state index contributed by atoms with van der Waals surface area (Å²) in [4.78, 5) is 11.6. The van der Waals surface area contributed by atoms with Crippen molar-refractivity contribution in [2.45, 2.75) is 25.7 Å². The van der Waals surface area contributed by atoms with Crippen LogP contribution in [0.4, 0.5) is 0 Å². The molecule has 14 heavy (non-hydrogen) atoms. The van der Waals surface area contributed by atoms with E-state index in [4.69, 9.17) is 4.74 Å². The Bertz CT molecular complexity index is 407. The van der Waals surface area contributed by atoms with Crippen LogP contribution < -0.4 is 4.74 Å². The summed E-state index contributed by atoms with van der Waals surface area (Å²) in [7, 11) is 0. The molecule has 1 aromatic rings.